The Morgan fingerprint density at radius 2 is 1.89 bits per heavy atom. The van der Waals surface area contributed by atoms with Gasteiger partial charge in [0, 0.05) is 31.9 Å². The number of nitrogens with zero attached hydrogens (tertiary/aromatic N) is 1. The number of hydrogen-bond acceptors (Lipinski definition) is 4. The van der Waals surface area contributed by atoms with Gasteiger partial charge in [-0.2, -0.15) is 0 Å². The summed E-state index contributed by atoms with van der Waals surface area (Å²) < 4.78 is 26.0. The highest BCUT2D eigenvalue weighted by molar-refractivity contribution is 7.89. The minimum Gasteiger partial charge on any atom is -0.371 e. The molecule has 0 saturated carbocycles. The molecule has 0 saturated heterocycles. The normalized spacial score (nSPS) is 13.3. The van der Waals surface area contributed by atoms with Gasteiger partial charge in [0.1, 0.15) is 0 Å². The Morgan fingerprint density at radius 1 is 1.33 bits per heavy atom. The average molecular weight is 271 g/mol. The molecule has 5 nitrogen and oxygen atoms in total. The van der Waals surface area contributed by atoms with Gasteiger partial charge in [-0.1, -0.05) is 6.92 Å². The van der Waals surface area contributed by atoms with Crippen LogP contribution in [0.15, 0.2) is 29.2 Å². The summed E-state index contributed by atoms with van der Waals surface area (Å²) in [6.07, 6.45) is 0. The van der Waals surface area contributed by atoms with Crippen molar-refractivity contribution in [2.45, 2.75) is 24.8 Å². The molecule has 1 rings (SSSR count). The van der Waals surface area contributed by atoms with E-state index < -0.39 is 10.0 Å². The Kier molecular flexibility index (Phi) is 5.13. The van der Waals surface area contributed by atoms with Gasteiger partial charge in [-0.25, -0.2) is 13.1 Å². The third kappa shape index (κ3) is 3.44. The second-order valence-electron chi connectivity index (χ2n) is 4.19. The smallest absolute Gasteiger partial charge is 0.240 e. The van der Waals surface area contributed by atoms with Crippen molar-refractivity contribution in [1.29, 1.82) is 0 Å². The van der Waals surface area contributed by atoms with E-state index in [1.807, 2.05) is 18.9 Å². The SMILES string of the molecule is CCNS(=O)(=O)c1ccc(N(C)C(C)CN)cc1. The predicted octanol–water partition coefficient (Wildman–Crippen LogP) is 0.768. The van der Waals surface area contributed by atoms with E-state index >= 15 is 0 Å². The van der Waals surface area contributed by atoms with Gasteiger partial charge in [0.05, 0.1) is 4.90 Å². The zero-order valence-electron chi connectivity index (χ0n) is 11.1. The first-order valence-electron chi connectivity index (χ1n) is 5.95. The van der Waals surface area contributed by atoms with E-state index in [0.717, 1.165) is 5.69 Å². The van der Waals surface area contributed by atoms with Crippen LogP contribution >= 0.6 is 0 Å². The summed E-state index contributed by atoms with van der Waals surface area (Å²) in [4.78, 5) is 2.30. The van der Waals surface area contributed by atoms with E-state index in [1.54, 1.807) is 31.2 Å². The van der Waals surface area contributed by atoms with Crippen molar-refractivity contribution >= 4 is 15.7 Å². The van der Waals surface area contributed by atoms with E-state index in [-0.39, 0.29) is 10.9 Å². The molecule has 6 heteroatoms. The van der Waals surface area contributed by atoms with E-state index in [9.17, 15) is 8.42 Å². The number of anilines is 1. The summed E-state index contributed by atoms with van der Waals surface area (Å²) in [5.74, 6) is 0. The van der Waals surface area contributed by atoms with E-state index in [0.29, 0.717) is 13.1 Å². The molecular weight excluding hydrogens is 250 g/mol. The molecule has 1 aromatic rings. The molecule has 18 heavy (non-hydrogen) atoms. The Morgan fingerprint density at radius 3 is 2.33 bits per heavy atom. The Balaban J connectivity index is 2.93. The van der Waals surface area contributed by atoms with Crippen LogP contribution in [0.5, 0.6) is 0 Å². The fraction of sp³-hybridized carbons (Fsp3) is 0.500. The Labute approximate surface area is 109 Å². The van der Waals surface area contributed by atoms with Crippen molar-refractivity contribution in [2.24, 2.45) is 5.73 Å². The van der Waals surface area contributed by atoms with Crippen LogP contribution in [0.2, 0.25) is 0 Å². The molecule has 0 heterocycles. The van der Waals surface area contributed by atoms with E-state index in [2.05, 4.69) is 4.72 Å². The highest BCUT2D eigenvalue weighted by Gasteiger charge is 2.13. The lowest BCUT2D eigenvalue weighted by molar-refractivity contribution is 0.584. The third-order valence-electron chi connectivity index (χ3n) is 2.89. The number of sulfonamides is 1. The van der Waals surface area contributed by atoms with Crippen LogP contribution in [0.1, 0.15) is 13.8 Å². The highest BCUT2D eigenvalue weighted by atomic mass is 32.2. The molecular formula is C12H21N3O2S. The van der Waals surface area contributed by atoms with Crippen molar-refractivity contribution in [3.8, 4) is 0 Å². The number of rotatable bonds is 6. The third-order valence-corrected chi connectivity index (χ3v) is 4.45. The molecule has 0 bridgehead atoms. The lowest BCUT2D eigenvalue weighted by Gasteiger charge is -2.25. The van der Waals surface area contributed by atoms with Crippen molar-refractivity contribution < 1.29 is 8.42 Å². The van der Waals surface area contributed by atoms with Gasteiger partial charge in [0.2, 0.25) is 10.0 Å². The minimum atomic E-state index is -3.37. The molecule has 0 aromatic heterocycles. The molecule has 1 aromatic carbocycles. The molecule has 0 radical (unpaired) electrons. The summed E-state index contributed by atoms with van der Waals surface area (Å²) in [7, 11) is -1.44. The van der Waals surface area contributed by atoms with Crippen LogP contribution in [0.3, 0.4) is 0 Å². The second kappa shape index (κ2) is 6.17. The molecule has 1 atom stereocenters. The van der Waals surface area contributed by atoms with Crippen LogP contribution in [-0.2, 0) is 10.0 Å². The molecule has 102 valence electrons. The monoisotopic (exact) mass is 271 g/mol. The standard InChI is InChI=1S/C12H21N3O2S/c1-4-14-18(16,17)12-7-5-11(6-8-12)15(3)10(2)9-13/h5-8,10,14H,4,9,13H2,1-3H3. The first-order chi connectivity index (χ1) is 8.42. The summed E-state index contributed by atoms with van der Waals surface area (Å²) in [6.45, 7) is 4.70. The van der Waals surface area contributed by atoms with Crippen molar-refractivity contribution in [2.75, 3.05) is 25.0 Å². The fourth-order valence-electron chi connectivity index (χ4n) is 1.55. The van der Waals surface area contributed by atoms with Gasteiger partial charge in [-0.05, 0) is 31.2 Å². The molecule has 3 N–H and O–H groups in total. The van der Waals surface area contributed by atoms with Crippen LogP contribution in [0.4, 0.5) is 5.69 Å². The molecule has 0 amide bonds. The molecule has 1 unspecified atom stereocenters. The summed E-state index contributed by atoms with van der Waals surface area (Å²) in [6, 6.07) is 6.99. The maximum absolute atomic E-state index is 11.8. The zero-order chi connectivity index (χ0) is 13.8. The van der Waals surface area contributed by atoms with Gasteiger partial charge in [0.25, 0.3) is 0 Å². The van der Waals surface area contributed by atoms with Crippen LogP contribution in [0, 0.1) is 0 Å². The summed E-state index contributed by atoms with van der Waals surface area (Å²) in [5.41, 5.74) is 6.55. The molecule has 0 aliphatic carbocycles. The van der Waals surface area contributed by atoms with Gasteiger partial charge < -0.3 is 10.6 Å². The number of nitrogens with two attached hydrogens (primary N) is 1. The lowest BCUT2D eigenvalue weighted by atomic mass is 10.2. The molecule has 0 aliphatic rings. The van der Waals surface area contributed by atoms with Crippen molar-refractivity contribution in [1.82, 2.24) is 4.72 Å². The fourth-order valence-corrected chi connectivity index (χ4v) is 2.59. The van der Waals surface area contributed by atoms with Crippen LogP contribution < -0.4 is 15.4 Å². The quantitative estimate of drug-likeness (QED) is 0.801. The Bertz CT molecular complexity index is 471. The van der Waals surface area contributed by atoms with Crippen LogP contribution in [-0.4, -0.2) is 34.6 Å². The first-order valence-corrected chi connectivity index (χ1v) is 7.43. The lowest BCUT2D eigenvalue weighted by Crippen LogP contribution is -2.35. The largest absolute Gasteiger partial charge is 0.371 e. The molecule has 0 spiro atoms. The molecule has 0 aliphatic heterocycles. The topological polar surface area (TPSA) is 75.4 Å². The average Bonchev–Trinajstić information content (AvgIpc) is 2.37. The maximum Gasteiger partial charge on any atom is 0.240 e. The van der Waals surface area contributed by atoms with Crippen LogP contribution in [0.25, 0.3) is 0 Å². The van der Waals surface area contributed by atoms with Gasteiger partial charge in [-0.3, -0.25) is 0 Å². The first kappa shape index (κ1) is 14.9. The van der Waals surface area contributed by atoms with Crippen molar-refractivity contribution in [3.63, 3.8) is 0 Å². The summed E-state index contributed by atoms with van der Waals surface area (Å²) >= 11 is 0. The Hall–Kier alpha value is -1.11. The number of hydrogen-bond donors (Lipinski definition) is 2. The molecule has 0 fully saturated rings. The second-order valence-corrected chi connectivity index (χ2v) is 5.96. The predicted molar refractivity (Wildman–Crippen MR) is 74.2 cm³/mol. The zero-order valence-corrected chi connectivity index (χ0v) is 11.9. The maximum atomic E-state index is 11.8. The number of benzene rings is 1. The van der Waals surface area contributed by atoms with E-state index in [1.165, 1.54) is 0 Å². The van der Waals surface area contributed by atoms with Gasteiger partial charge >= 0.3 is 0 Å². The van der Waals surface area contributed by atoms with Crippen molar-refractivity contribution in [3.05, 3.63) is 24.3 Å². The minimum absolute atomic E-state index is 0.209. The van der Waals surface area contributed by atoms with Gasteiger partial charge in [-0.15, -0.1) is 0 Å². The summed E-state index contributed by atoms with van der Waals surface area (Å²) in [5, 5.41) is 0. The van der Waals surface area contributed by atoms with E-state index in [4.69, 9.17) is 5.73 Å². The highest BCUT2D eigenvalue weighted by Crippen LogP contribution is 2.18. The number of likely N-dealkylation sites (N-methyl/N-ethyl adjacent to an activating group) is 1. The number of nitrogens with one attached hydrogen (secondary N) is 1. The van der Waals surface area contributed by atoms with Gasteiger partial charge in [0.15, 0.2) is 0 Å².